The van der Waals surface area contributed by atoms with E-state index in [1.807, 2.05) is 4.90 Å². The van der Waals surface area contributed by atoms with Gasteiger partial charge >= 0.3 is 0 Å². The van der Waals surface area contributed by atoms with Gasteiger partial charge in [0.2, 0.25) is 11.8 Å². The van der Waals surface area contributed by atoms with Crippen LogP contribution in [0.1, 0.15) is 57.8 Å². The summed E-state index contributed by atoms with van der Waals surface area (Å²) in [7, 11) is 0. The van der Waals surface area contributed by atoms with E-state index in [-0.39, 0.29) is 11.8 Å². The highest BCUT2D eigenvalue weighted by molar-refractivity contribution is 5.86. The summed E-state index contributed by atoms with van der Waals surface area (Å²) in [6, 6.07) is 2.21. The fourth-order valence-electron chi connectivity index (χ4n) is 3.30. The Balaban J connectivity index is 1.75. The number of hydrogen-bond acceptors (Lipinski definition) is 3. The first-order chi connectivity index (χ1) is 10.2. The maximum atomic E-state index is 12.3. The maximum absolute atomic E-state index is 12.3. The molecule has 2 aliphatic rings. The van der Waals surface area contributed by atoms with Crippen molar-refractivity contribution in [1.29, 1.82) is 5.26 Å². The summed E-state index contributed by atoms with van der Waals surface area (Å²) < 4.78 is 0. The topological polar surface area (TPSA) is 73.2 Å². The average Bonchev–Trinajstić information content (AvgIpc) is 2.56. The molecule has 2 fully saturated rings. The highest BCUT2D eigenvalue weighted by atomic mass is 16.2. The molecule has 5 nitrogen and oxygen atoms in total. The molecule has 1 saturated heterocycles. The van der Waals surface area contributed by atoms with Crippen LogP contribution < -0.4 is 5.32 Å². The van der Waals surface area contributed by atoms with E-state index in [0.717, 1.165) is 45.2 Å². The number of carbonyl (C=O) groups excluding carboxylic acids is 2. The van der Waals surface area contributed by atoms with Gasteiger partial charge in [-0.3, -0.25) is 9.59 Å². The van der Waals surface area contributed by atoms with E-state index >= 15 is 0 Å². The number of likely N-dealkylation sites (tertiary alicyclic amines) is 1. The lowest BCUT2D eigenvalue weighted by Gasteiger charge is -2.29. The number of nitrogens with one attached hydrogen (secondary N) is 1. The summed E-state index contributed by atoms with van der Waals surface area (Å²) in [6.07, 6.45) is 7.97. The highest BCUT2D eigenvalue weighted by Crippen LogP contribution is 2.35. The van der Waals surface area contributed by atoms with Gasteiger partial charge in [-0.2, -0.15) is 5.26 Å². The van der Waals surface area contributed by atoms with Gasteiger partial charge in [-0.15, -0.1) is 0 Å². The molecule has 5 heteroatoms. The van der Waals surface area contributed by atoms with Gasteiger partial charge in [0.1, 0.15) is 5.41 Å². The zero-order valence-corrected chi connectivity index (χ0v) is 12.7. The molecule has 0 bridgehead atoms. The van der Waals surface area contributed by atoms with Gasteiger partial charge < -0.3 is 10.2 Å². The molecule has 1 aliphatic carbocycles. The van der Waals surface area contributed by atoms with Gasteiger partial charge in [-0.25, -0.2) is 0 Å². The number of carbonyl (C=O) groups is 2. The minimum atomic E-state index is -0.855. The molecule has 0 aromatic rings. The lowest BCUT2D eigenvalue weighted by Crippen LogP contribution is -2.43. The smallest absolute Gasteiger partial charge is 0.240 e. The van der Waals surface area contributed by atoms with Gasteiger partial charge in [0, 0.05) is 26.1 Å². The average molecular weight is 291 g/mol. The fourth-order valence-corrected chi connectivity index (χ4v) is 3.30. The summed E-state index contributed by atoms with van der Waals surface area (Å²) in [5, 5.41) is 12.1. The Bertz CT molecular complexity index is 416. The van der Waals surface area contributed by atoms with Crippen LogP contribution in [-0.4, -0.2) is 36.3 Å². The van der Waals surface area contributed by atoms with Crippen molar-refractivity contribution < 1.29 is 9.59 Å². The Hall–Kier alpha value is -1.57. The Kier molecular flexibility index (Phi) is 5.60. The van der Waals surface area contributed by atoms with Crippen LogP contribution in [0.2, 0.25) is 0 Å². The van der Waals surface area contributed by atoms with E-state index in [2.05, 4.69) is 11.4 Å². The number of nitriles is 1. The van der Waals surface area contributed by atoms with Crippen molar-refractivity contribution in [2.75, 3.05) is 19.6 Å². The largest absolute Gasteiger partial charge is 0.354 e. The molecule has 116 valence electrons. The number of rotatable bonds is 4. The van der Waals surface area contributed by atoms with E-state index in [1.54, 1.807) is 0 Å². The molecule has 1 N–H and O–H groups in total. The maximum Gasteiger partial charge on any atom is 0.240 e. The van der Waals surface area contributed by atoms with Crippen LogP contribution in [0, 0.1) is 16.7 Å². The molecule has 0 spiro atoms. The summed E-state index contributed by atoms with van der Waals surface area (Å²) >= 11 is 0. The first-order valence-electron chi connectivity index (χ1n) is 8.15. The molecule has 2 amide bonds. The van der Waals surface area contributed by atoms with Crippen LogP contribution in [0.5, 0.6) is 0 Å². The van der Waals surface area contributed by atoms with Crippen molar-refractivity contribution in [3.63, 3.8) is 0 Å². The van der Waals surface area contributed by atoms with Gasteiger partial charge in [0.25, 0.3) is 0 Å². The predicted molar refractivity (Wildman–Crippen MR) is 79.2 cm³/mol. The van der Waals surface area contributed by atoms with Crippen LogP contribution >= 0.6 is 0 Å². The summed E-state index contributed by atoms with van der Waals surface area (Å²) in [4.78, 5) is 26.2. The van der Waals surface area contributed by atoms with Crippen molar-refractivity contribution in [3.05, 3.63) is 0 Å². The van der Waals surface area contributed by atoms with E-state index in [1.165, 1.54) is 6.42 Å². The fraction of sp³-hybridized carbons (Fsp3) is 0.812. The van der Waals surface area contributed by atoms with Gasteiger partial charge in [-0.05, 0) is 32.1 Å². The lowest BCUT2D eigenvalue weighted by molar-refractivity contribution is -0.132. The lowest BCUT2D eigenvalue weighted by atomic mass is 9.74. The Morgan fingerprint density at radius 2 is 1.67 bits per heavy atom. The van der Waals surface area contributed by atoms with E-state index in [9.17, 15) is 14.9 Å². The minimum absolute atomic E-state index is 0.115. The van der Waals surface area contributed by atoms with Crippen LogP contribution in [0.25, 0.3) is 0 Å². The summed E-state index contributed by atoms with van der Waals surface area (Å²) in [5.74, 6) is -0.0687. The second kappa shape index (κ2) is 7.44. The van der Waals surface area contributed by atoms with Gasteiger partial charge in [-0.1, -0.05) is 19.3 Å². The third-order valence-electron chi connectivity index (χ3n) is 4.69. The normalized spacial score (nSPS) is 21.4. The van der Waals surface area contributed by atoms with Crippen molar-refractivity contribution in [3.8, 4) is 6.07 Å². The summed E-state index contributed by atoms with van der Waals surface area (Å²) in [6.45, 7) is 2.03. The van der Waals surface area contributed by atoms with Crippen molar-refractivity contribution >= 4 is 11.8 Å². The molecule has 0 unspecified atom stereocenters. The zero-order valence-electron chi connectivity index (χ0n) is 12.7. The Morgan fingerprint density at radius 3 is 2.29 bits per heavy atom. The first-order valence-corrected chi connectivity index (χ1v) is 8.15. The zero-order chi connectivity index (χ0) is 15.1. The number of amides is 2. The molecular weight excluding hydrogens is 266 g/mol. The molecule has 1 saturated carbocycles. The van der Waals surface area contributed by atoms with E-state index < -0.39 is 5.41 Å². The highest BCUT2D eigenvalue weighted by Gasteiger charge is 2.39. The van der Waals surface area contributed by atoms with E-state index in [4.69, 9.17) is 0 Å². The minimum Gasteiger partial charge on any atom is -0.354 e. The first kappa shape index (κ1) is 15.8. The predicted octanol–water partition coefficient (Wildman–Crippen LogP) is 1.98. The monoisotopic (exact) mass is 291 g/mol. The molecule has 0 aromatic carbocycles. The molecule has 1 heterocycles. The standard InChI is InChI=1S/C16H25N3O2/c17-13-16(8-3-1-4-9-16)15(21)18-10-7-14(20)19-11-5-2-6-12-19/h1-12H2,(H,18,21). The van der Waals surface area contributed by atoms with E-state index in [0.29, 0.717) is 25.8 Å². The van der Waals surface area contributed by atoms with Crippen molar-refractivity contribution in [1.82, 2.24) is 10.2 Å². The quantitative estimate of drug-likeness (QED) is 0.860. The number of hydrogen-bond donors (Lipinski definition) is 1. The Morgan fingerprint density at radius 1 is 1.05 bits per heavy atom. The van der Waals surface area contributed by atoms with Crippen LogP contribution in [-0.2, 0) is 9.59 Å². The molecular formula is C16H25N3O2. The molecule has 1 aliphatic heterocycles. The van der Waals surface area contributed by atoms with Crippen LogP contribution in [0.3, 0.4) is 0 Å². The number of piperidine rings is 1. The van der Waals surface area contributed by atoms with Crippen LogP contribution in [0.4, 0.5) is 0 Å². The molecule has 21 heavy (non-hydrogen) atoms. The van der Waals surface area contributed by atoms with Crippen molar-refractivity contribution in [2.24, 2.45) is 5.41 Å². The second-order valence-corrected chi connectivity index (χ2v) is 6.20. The molecule has 0 atom stereocenters. The third kappa shape index (κ3) is 3.96. The van der Waals surface area contributed by atoms with Crippen LogP contribution in [0.15, 0.2) is 0 Å². The number of nitrogens with zero attached hydrogens (tertiary/aromatic N) is 2. The third-order valence-corrected chi connectivity index (χ3v) is 4.69. The second-order valence-electron chi connectivity index (χ2n) is 6.20. The van der Waals surface area contributed by atoms with Crippen molar-refractivity contribution in [2.45, 2.75) is 57.8 Å². The van der Waals surface area contributed by atoms with Gasteiger partial charge in [0.05, 0.1) is 6.07 Å². The SMILES string of the molecule is N#CC1(C(=O)NCCC(=O)N2CCCCC2)CCCCC1. The molecule has 0 aromatic heterocycles. The summed E-state index contributed by atoms with van der Waals surface area (Å²) in [5.41, 5.74) is -0.855. The Labute approximate surface area is 126 Å². The van der Waals surface area contributed by atoms with Gasteiger partial charge in [0.15, 0.2) is 0 Å². The molecule has 2 rings (SSSR count). The molecule has 0 radical (unpaired) electrons.